The lowest BCUT2D eigenvalue weighted by Crippen LogP contribution is -2.33. The Hall–Kier alpha value is -2.58. The second-order valence-corrected chi connectivity index (χ2v) is 4.18. The van der Waals surface area contributed by atoms with Crippen molar-refractivity contribution in [1.29, 1.82) is 0 Å². The highest BCUT2D eigenvalue weighted by Gasteiger charge is 2.35. The molecule has 10 nitrogen and oxygen atoms in total. The molecule has 1 amide bonds. The van der Waals surface area contributed by atoms with E-state index in [-0.39, 0.29) is 13.0 Å². The molecule has 2 N–H and O–H groups in total. The second kappa shape index (κ2) is 6.04. The van der Waals surface area contributed by atoms with E-state index in [0.717, 1.165) is 0 Å². The molecule has 0 aliphatic carbocycles. The van der Waals surface area contributed by atoms with Crippen molar-refractivity contribution in [3.8, 4) is 0 Å². The lowest BCUT2D eigenvalue weighted by Gasteiger charge is -2.15. The summed E-state index contributed by atoms with van der Waals surface area (Å²) in [4.78, 5) is 37.8. The molecule has 2 heterocycles. The molecule has 106 valence electrons. The van der Waals surface area contributed by atoms with E-state index in [1.807, 2.05) is 0 Å². The Morgan fingerprint density at radius 3 is 3.10 bits per heavy atom. The van der Waals surface area contributed by atoms with Crippen LogP contribution in [0.2, 0.25) is 0 Å². The monoisotopic (exact) mass is 280 g/mol. The first-order chi connectivity index (χ1) is 9.65. The van der Waals surface area contributed by atoms with Crippen molar-refractivity contribution in [3.63, 3.8) is 0 Å². The van der Waals surface area contributed by atoms with Crippen molar-refractivity contribution in [2.75, 3.05) is 6.54 Å². The maximum atomic E-state index is 11.7. The minimum atomic E-state index is -0.659. The molecule has 0 aromatic carbocycles. The Labute approximate surface area is 112 Å². The molecule has 10 heteroatoms. The van der Waals surface area contributed by atoms with E-state index in [9.17, 15) is 14.4 Å². The van der Waals surface area contributed by atoms with Crippen molar-refractivity contribution >= 4 is 6.41 Å². The summed E-state index contributed by atoms with van der Waals surface area (Å²) in [5.74, 6) is 0. The van der Waals surface area contributed by atoms with Gasteiger partial charge < -0.3 is 10.1 Å². The topological polar surface area (TPSA) is 142 Å². The van der Waals surface area contributed by atoms with Gasteiger partial charge in [-0.1, -0.05) is 5.11 Å². The fraction of sp³-hybridized carbons (Fsp3) is 0.500. The minimum Gasteiger partial charge on any atom is -0.356 e. The van der Waals surface area contributed by atoms with Gasteiger partial charge in [0.15, 0.2) is 0 Å². The van der Waals surface area contributed by atoms with Gasteiger partial charge in [-0.05, 0) is 5.53 Å². The van der Waals surface area contributed by atoms with Crippen molar-refractivity contribution < 1.29 is 9.53 Å². The van der Waals surface area contributed by atoms with Gasteiger partial charge in [0.25, 0.3) is 5.56 Å². The lowest BCUT2D eigenvalue weighted by atomic mass is 10.1. The quantitative estimate of drug-likeness (QED) is 0.316. The van der Waals surface area contributed by atoms with Gasteiger partial charge in [0.1, 0.15) is 6.23 Å². The van der Waals surface area contributed by atoms with Crippen LogP contribution in [0.25, 0.3) is 10.4 Å². The molecule has 1 aromatic rings. The van der Waals surface area contributed by atoms with Crippen LogP contribution in [0.5, 0.6) is 0 Å². The van der Waals surface area contributed by atoms with Crippen molar-refractivity contribution in [1.82, 2.24) is 14.9 Å². The number of hydrogen-bond donors (Lipinski definition) is 2. The Bertz CT molecular complexity index is 646. The lowest BCUT2D eigenvalue weighted by molar-refractivity contribution is -0.110. The van der Waals surface area contributed by atoms with E-state index >= 15 is 0 Å². The van der Waals surface area contributed by atoms with Gasteiger partial charge in [-0.2, -0.15) is 0 Å². The predicted octanol–water partition coefficient (Wildman–Crippen LogP) is -0.751. The number of amides is 1. The van der Waals surface area contributed by atoms with Crippen LogP contribution in [0.1, 0.15) is 12.6 Å². The van der Waals surface area contributed by atoms with E-state index in [0.29, 0.717) is 6.41 Å². The zero-order valence-electron chi connectivity index (χ0n) is 10.3. The SMILES string of the molecule is [N-]=[N+]=N[C@H]1C[C@H](n2ccc(=O)[nH]c2=O)O[C@@H]1CNC=O. The molecule has 3 atom stereocenters. The Morgan fingerprint density at radius 2 is 2.45 bits per heavy atom. The zero-order valence-corrected chi connectivity index (χ0v) is 10.3. The molecule has 1 aliphatic heterocycles. The number of H-pyrrole nitrogens is 1. The first kappa shape index (κ1) is 13.8. The Morgan fingerprint density at radius 1 is 1.65 bits per heavy atom. The van der Waals surface area contributed by atoms with Crippen LogP contribution in [0.3, 0.4) is 0 Å². The van der Waals surface area contributed by atoms with Gasteiger partial charge >= 0.3 is 5.69 Å². The van der Waals surface area contributed by atoms with E-state index in [2.05, 4.69) is 20.3 Å². The van der Waals surface area contributed by atoms with Gasteiger partial charge in [-0.3, -0.25) is 19.1 Å². The van der Waals surface area contributed by atoms with Gasteiger partial charge in [-0.15, -0.1) is 0 Å². The van der Waals surface area contributed by atoms with Gasteiger partial charge in [0.2, 0.25) is 6.41 Å². The number of aromatic amines is 1. The summed E-state index contributed by atoms with van der Waals surface area (Å²) in [7, 11) is 0. The van der Waals surface area contributed by atoms with Crippen LogP contribution in [0.15, 0.2) is 27.0 Å². The summed E-state index contributed by atoms with van der Waals surface area (Å²) in [5.41, 5.74) is 7.40. The normalized spacial score (nSPS) is 24.9. The molecule has 0 radical (unpaired) electrons. The van der Waals surface area contributed by atoms with E-state index in [1.54, 1.807) is 0 Å². The summed E-state index contributed by atoms with van der Waals surface area (Å²) in [6, 6.07) is 0.695. The number of aromatic nitrogens is 2. The third-order valence-corrected chi connectivity index (χ3v) is 2.97. The van der Waals surface area contributed by atoms with E-state index in [4.69, 9.17) is 10.3 Å². The number of nitrogens with one attached hydrogen (secondary N) is 2. The van der Waals surface area contributed by atoms with E-state index in [1.165, 1.54) is 16.8 Å². The molecule has 0 saturated carbocycles. The van der Waals surface area contributed by atoms with Gasteiger partial charge in [0, 0.05) is 30.1 Å². The average molecular weight is 280 g/mol. The van der Waals surface area contributed by atoms with Crippen LogP contribution in [-0.2, 0) is 9.53 Å². The average Bonchev–Trinajstić information content (AvgIpc) is 2.80. The molecule has 0 spiro atoms. The molecule has 0 unspecified atom stereocenters. The number of ether oxygens (including phenoxy) is 1. The number of carbonyl (C=O) groups excluding carboxylic acids is 1. The molecular weight excluding hydrogens is 268 g/mol. The van der Waals surface area contributed by atoms with Crippen LogP contribution in [-0.4, -0.2) is 34.7 Å². The number of carbonyl (C=O) groups is 1. The Balaban J connectivity index is 2.22. The standard InChI is InChI=1S/C10H12N6O4/c11-15-14-6-3-9(20-7(6)4-12-5-17)16-2-1-8(18)13-10(16)19/h1-2,5-7,9H,3-4H2,(H,12,17)(H,13,18,19)/t6-,7+,9+/m0/s1. The highest BCUT2D eigenvalue weighted by molar-refractivity contribution is 5.45. The zero-order chi connectivity index (χ0) is 14.5. The summed E-state index contributed by atoms with van der Waals surface area (Å²) >= 11 is 0. The van der Waals surface area contributed by atoms with Gasteiger partial charge in [0.05, 0.1) is 12.1 Å². The molecule has 1 saturated heterocycles. The van der Waals surface area contributed by atoms with Crippen molar-refractivity contribution in [2.45, 2.75) is 24.8 Å². The maximum Gasteiger partial charge on any atom is 0.330 e. The molecule has 2 rings (SSSR count). The summed E-state index contributed by atoms with van der Waals surface area (Å²) in [5, 5.41) is 6.03. The highest BCUT2D eigenvalue weighted by atomic mass is 16.5. The molecule has 1 aliphatic rings. The van der Waals surface area contributed by atoms with E-state index < -0.39 is 29.6 Å². The largest absolute Gasteiger partial charge is 0.356 e. The molecule has 20 heavy (non-hydrogen) atoms. The molecule has 1 fully saturated rings. The number of rotatable bonds is 5. The second-order valence-electron chi connectivity index (χ2n) is 4.18. The fourth-order valence-corrected chi connectivity index (χ4v) is 2.08. The summed E-state index contributed by atoms with van der Waals surface area (Å²) < 4.78 is 6.80. The fourth-order valence-electron chi connectivity index (χ4n) is 2.08. The minimum absolute atomic E-state index is 0.168. The van der Waals surface area contributed by atoms with Crippen LogP contribution in [0, 0.1) is 0 Å². The molecule has 0 bridgehead atoms. The van der Waals surface area contributed by atoms with Crippen molar-refractivity contribution in [3.05, 3.63) is 43.5 Å². The first-order valence-corrected chi connectivity index (χ1v) is 5.84. The smallest absolute Gasteiger partial charge is 0.330 e. The predicted molar refractivity (Wildman–Crippen MR) is 66.9 cm³/mol. The number of hydrogen-bond acceptors (Lipinski definition) is 5. The molecular formula is C10H12N6O4. The summed E-state index contributed by atoms with van der Waals surface area (Å²) in [6.07, 6.45) is 0.916. The van der Waals surface area contributed by atoms with Crippen LogP contribution in [0.4, 0.5) is 0 Å². The summed E-state index contributed by atoms with van der Waals surface area (Å²) in [6.45, 7) is 0.168. The number of azide groups is 1. The Kier molecular flexibility index (Phi) is 4.18. The van der Waals surface area contributed by atoms with Crippen molar-refractivity contribution in [2.24, 2.45) is 5.11 Å². The van der Waals surface area contributed by atoms with Crippen LogP contribution < -0.4 is 16.6 Å². The van der Waals surface area contributed by atoms with Gasteiger partial charge in [-0.25, -0.2) is 4.79 Å². The number of nitrogens with zero attached hydrogens (tertiary/aromatic N) is 4. The maximum absolute atomic E-state index is 11.7. The molecule has 1 aromatic heterocycles. The third kappa shape index (κ3) is 2.87. The highest BCUT2D eigenvalue weighted by Crippen LogP contribution is 2.29. The third-order valence-electron chi connectivity index (χ3n) is 2.97. The van der Waals surface area contributed by atoms with Crippen LogP contribution >= 0.6 is 0 Å². The first-order valence-electron chi connectivity index (χ1n) is 5.84.